The van der Waals surface area contributed by atoms with Gasteiger partial charge < -0.3 is 9.32 Å². The summed E-state index contributed by atoms with van der Waals surface area (Å²) in [5.74, 6) is -0.406. The molecule has 0 aliphatic heterocycles. The predicted octanol–water partition coefficient (Wildman–Crippen LogP) is 5.49. The van der Waals surface area contributed by atoms with Gasteiger partial charge in [-0.2, -0.15) is 0 Å². The van der Waals surface area contributed by atoms with Gasteiger partial charge in [0.15, 0.2) is 5.13 Å². The molecule has 8 heteroatoms. The largest absolute Gasteiger partial charge is 0.422 e. The molecule has 5 rings (SSSR count). The van der Waals surface area contributed by atoms with Crippen LogP contribution in [-0.4, -0.2) is 43.0 Å². The molecule has 0 saturated carbocycles. The van der Waals surface area contributed by atoms with Crippen LogP contribution in [0.4, 0.5) is 5.13 Å². The van der Waals surface area contributed by atoms with E-state index in [1.54, 1.807) is 17.0 Å². The number of fused-ring (bicyclic) bond motifs is 4. The van der Waals surface area contributed by atoms with Crippen molar-refractivity contribution >= 4 is 66.7 Å². The highest BCUT2D eigenvalue weighted by atomic mass is 35.5. The van der Waals surface area contributed by atoms with Crippen LogP contribution in [0, 0.1) is 6.92 Å². The molecule has 0 bridgehead atoms. The van der Waals surface area contributed by atoms with Crippen molar-refractivity contribution in [1.29, 1.82) is 0 Å². The van der Waals surface area contributed by atoms with Gasteiger partial charge in [0.25, 0.3) is 5.91 Å². The first-order valence-electron chi connectivity index (χ1n) is 10.7. The smallest absolute Gasteiger partial charge is 0.349 e. The summed E-state index contributed by atoms with van der Waals surface area (Å²) in [4.78, 5) is 34.8. The molecular weight excluding hydrogens is 470 g/mol. The fourth-order valence-electron chi connectivity index (χ4n) is 3.89. The number of amides is 1. The van der Waals surface area contributed by atoms with Gasteiger partial charge in [0.2, 0.25) is 0 Å². The summed E-state index contributed by atoms with van der Waals surface area (Å²) in [6.07, 6.45) is 0. The van der Waals surface area contributed by atoms with E-state index >= 15 is 0 Å². The molecule has 0 radical (unpaired) electrons. The number of aromatic nitrogens is 1. The topological polar surface area (TPSA) is 66.7 Å². The summed E-state index contributed by atoms with van der Waals surface area (Å²) in [5, 5.41) is 3.26. The van der Waals surface area contributed by atoms with Crippen molar-refractivity contribution in [2.75, 3.05) is 32.1 Å². The zero-order chi connectivity index (χ0) is 23.1. The van der Waals surface area contributed by atoms with Crippen molar-refractivity contribution in [2.24, 2.45) is 0 Å². The van der Waals surface area contributed by atoms with Gasteiger partial charge in [0.1, 0.15) is 11.1 Å². The fraction of sp³-hybridized carbons (Fsp3) is 0.192. The Balaban J connectivity index is 0.00000274. The second kappa shape index (κ2) is 9.54. The standard InChI is InChI=1S/C26H23N3O3S.ClH/c1-16-8-10-21-23(14-16)33-26(27-21)29(13-12-28(2)3)24(30)20-15-19-18-7-5-4-6-17(18)9-11-22(19)32-25(20)31;/h4-11,14-15H,12-13H2,1-3H3;1H. The first-order valence-corrected chi connectivity index (χ1v) is 11.5. The number of likely N-dealkylation sites (N-methyl/N-ethyl adjacent to an activating group) is 1. The molecule has 34 heavy (non-hydrogen) atoms. The molecule has 0 unspecified atom stereocenters. The molecule has 174 valence electrons. The van der Waals surface area contributed by atoms with E-state index in [1.165, 1.54) is 11.3 Å². The highest BCUT2D eigenvalue weighted by Crippen LogP contribution is 2.31. The van der Waals surface area contributed by atoms with Crippen LogP contribution in [0.1, 0.15) is 15.9 Å². The monoisotopic (exact) mass is 493 g/mol. The van der Waals surface area contributed by atoms with E-state index in [-0.39, 0.29) is 18.0 Å². The van der Waals surface area contributed by atoms with Crippen molar-refractivity contribution in [1.82, 2.24) is 9.88 Å². The number of thiazole rings is 1. The summed E-state index contributed by atoms with van der Waals surface area (Å²) in [6.45, 7) is 3.05. The van der Waals surface area contributed by atoms with Crippen LogP contribution < -0.4 is 10.5 Å². The van der Waals surface area contributed by atoms with E-state index in [4.69, 9.17) is 9.40 Å². The lowest BCUT2D eigenvalue weighted by Gasteiger charge is -2.21. The zero-order valence-electron chi connectivity index (χ0n) is 19.1. The maximum atomic E-state index is 13.7. The van der Waals surface area contributed by atoms with Crippen LogP contribution in [0.15, 0.2) is 69.9 Å². The molecule has 3 aromatic carbocycles. The van der Waals surface area contributed by atoms with Crippen LogP contribution in [0.25, 0.3) is 32.0 Å². The normalized spacial score (nSPS) is 11.3. The molecule has 0 spiro atoms. The van der Waals surface area contributed by atoms with E-state index in [0.717, 1.165) is 31.9 Å². The van der Waals surface area contributed by atoms with Gasteiger partial charge >= 0.3 is 5.63 Å². The Morgan fingerprint density at radius 2 is 1.79 bits per heavy atom. The highest BCUT2D eigenvalue weighted by molar-refractivity contribution is 7.22. The number of carbonyl (C=O) groups excluding carboxylic acids is 1. The lowest BCUT2D eigenvalue weighted by molar-refractivity contribution is 0.0982. The van der Waals surface area contributed by atoms with Crippen LogP contribution in [0.5, 0.6) is 0 Å². The van der Waals surface area contributed by atoms with Gasteiger partial charge in [-0.3, -0.25) is 9.69 Å². The first kappa shape index (κ1) is 23.9. The molecular formula is C26H24ClN3O3S. The average Bonchev–Trinajstić information content (AvgIpc) is 3.21. The van der Waals surface area contributed by atoms with Crippen LogP contribution in [0.3, 0.4) is 0 Å². The van der Waals surface area contributed by atoms with Crippen molar-refractivity contribution in [3.63, 3.8) is 0 Å². The minimum absolute atomic E-state index is 0. The summed E-state index contributed by atoms with van der Waals surface area (Å²) in [7, 11) is 3.89. The molecule has 0 aliphatic carbocycles. The van der Waals surface area contributed by atoms with E-state index in [9.17, 15) is 9.59 Å². The Hall–Kier alpha value is -3.26. The van der Waals surface area contributed by atoms with Crippen LogP contribution in [0.2, 0.25) is 0 Å². The Bertz CT molecular complexity index is 1570. The zero-order valence-corrected chi connectivity index (χ0v) is 20.7. The molecule has 0 N–H and O–H groups in total. The summed E-state index contributed by atoms with van der Waals surface area (Å²) in [6, 6.07) is 19.2. The second-order valence-electron chi connectivity index (χ2n) is 8.37. The Morgan fingerprint density at radius 3 is 2.59 bits per heavy atom. The molecule has 6 nitrogen and oxygen atoms in total. The number of nitrogens with zero attached hydrogens (tertiary/aromatic N) is 3. The summed E-state index contributed by atoms with van der Waals surface area (Å²) in [5.41, 5.74) is 1.79. The van der Waals surface area contributed by atoms with Gasteiger partial charge in [0.05, 0.1) is 10.2 Å². The molecule has 2 heterocycles. The Morgan fingerprint density at radius 1 is 1.00 bits per heavy atom. The summed E-state index contributed by atoms with van der Waals surface area (Å²) >= 11 is 1.45. The maximum Gasteiger partial charge on any atom is 0.349 e. The average molecular weight is 494 g/mol. The molecule has 0 fully saturated rings. The number of hydrogen-bond acceptors (Lipinski definition) is 6. The maximum absolute atomic E-state index is 13.7. The van der Waals surface area contributed by atoms with Gasteiger partial charge in [-0.1, -0.05) is 47.7 Å². The molecule has 5 aromatic rings. The van der Waals surface area contributed by atoms with E-state index in [1.807, 2.05) is 68.4 Å². The van der Waals surface area contributed by atoms with E-state index in [0.29, 0.717) is 23.8 Å². The molecule has 2 aromatic heterocycles. The lowest BCUT2D eigenvalue weighted by atomic mass is 10.0. The highest BCUT2D eigenvalue weighted by Gasteiger charge is 2.25. The predicted molar refractivity (Wildman–Crippen MR) is 142 cm³/mol. The van der Waals surface area contributed by atoms with Crippen molar-refractivity contribution in [2.45, 2.75) is 6.92 Å². The number of aryl methyl sites for hydroxylation is 1. The SMILES string of the molecule is Cc1ccc2nc(N(CCN(C)C)C(=O)c3cc4c(ccc5ccccc54)oc3=O)sc2c1.Cl. The first-order chi connectivity index (χ1) is 15.9. The number of carbonyl (C=O) groups is 1. The van der Waals surface area contributed by atoms with Gasteiger partial charge in [-0.15, -0.1) is 12.4 Å². The Labute approximate surface area is 206 Å². The van der Waals surface area contributed by atoms with Gasteiger partial charge in [-0.25, -0.2) is 9.78 Å². The fourth-order valence-corrected chi connectivity index (χ4v) is 4.97. The molecule has 1 amide bonds. The van der Waals surface area contributed by atoms with Crippen LogP contribution in [-0.2, 0) is 0 Å². The number of anilines is 1. The molecule has 0 saturated heterocycles. The van der Waals surface area contributed by atoms with Gasteiger partial charge in [0, 0.05) is 18.5 Å². The minimum Gasteiger partial charge on any atom is -0.422 e. The van der Waals surface area contributed by atoms with E-state index in [2.05, 4.69) is 6.07 Å². The number of rotatable bonds is 5. The lowest BCUT2D eigenvalue weighted by Crippen LogP contribution is -2.38. The quantitative estimate of drug-likeness (QED) is 0.239. The van der Waals surface area contributed by atoms with E-state index < -0.39 is 11.5 Å². The second-order valence-corrected chi connectivity index (χ2v) is 9.38. The molecule has 0 atom stereocenters. The molecule has 0 aliphatic rings. The number of hydrogen-bond donors (Lipinski definition) is 0. The Kier molecular flexibility index (Phi) is 6.70. The van der Waals surface area contributed by atoms with Crippen molar-refractivity contribution in [3.8, 4) is 0 Å². The van der Waals surface area contributed by atoms with Crippen molar-refractivity contribution in [3.05, 3.63) is 82.2 Å². The number of benzene rings is 3. The summed E-state index contributed by atoms with van der Waals surface area (Å²) < 4.78 is 6.58. The number of halogens is 1. The third kappa shape index (κ3) is 4.42. The van der Waals surface area contributed by atoms with Crippen molar-refractivity contribution < 1.29 is 9.21 Å². The third-order valence-electron chi connectivity index (χ3n) is 5.65. The minimum atomic E-state index is -0.644. The third-order valence-corrected chi connectivity index (χ3v) is 6.69. The van der Waals surface area contributed by atoms with Gasteiger partial charge in [-0.05, 0) is 61.6 Å². The van der Waals surface area contributed by atoms with Crippen LogP contribution >= 0.6 is 23.7 Å².